The molecular weight excluding hydrogens is 637 g/mol. The minimum atomic E-state index is -4.95. The van der Waals surface area contributed by atoms with Crippen molar-refractivity contribution in [2.45, 2.75) is 12.6 Å². The average Bonchev–Trinajstić information content (AvgIpc) is 3.44. The van der Waals surface area contributed by atoms with Crippen LogP contribution in [-0.4, -0.2) is 31.8 Å². The van der Waals surface area contributed by atoms with Crippen LogP contribution < -0.4 is 79.8 Å². The maximum Gasteiger partial charge on any atom is 1.00 e. The number of fused-ring (bicyclic) bond motifs is 1. The van der Waals surface area contributed by atoms with E-state index in [-0.39, 0.29) is 86.1 Å². The topological polar surface area (TPSA) is 134 Å². The van der Waals surface area contributed by atoms with Crippen LogP contribution in [0.3, 0.4) is 0 Å². The molecule has 0 aliphatic carbocycles. The molecule has 0 fully saturated rings. The number of benzene rings is 1. The molecular formula is C21H17F4N4Na2O7PS2+2. The zero-order chi connectivity index (χ0) is 28.9. The fourth-order valence-electron chi connectivity index (χ4n) is 3.55. The number of carbonyl (C=O) groups excluding carboxylic acids is 1. The molecule has 1 atom stereocenters. The van der Waals surface area contributed by atoms with Crippen molar-refractivity contribution in [3.8, 4) is 11.3 Å². The largest absolute Gasteiger partial charge is 1.00 e. The fraction of sp³-hybridized carbons (Fsp3) is 0.238. The summed E-state index contributed by atoms with van der Waals surface area (Å²) >= 11 is 1.77. The van der Waals surface area contributed by atoms with Gasteiger partial charge in [0, 0.05) is 32.1 Å². The second-order valence-corrected chi connectivity index (χ2v) is 11.1. The number of nitrogens with zero attached hydrogens (tertiary/aromatic N) is 4. The van der Waals surface area contributed by atoms with E-state index in [2.05, 4.69) is 9.52 Å². The van der Waals surface area contributed by atoms with E-state index in [1.165, 1.54) is 29.4 Å². The summed E-state index contributed by atoms with van der Waals surface area (Å²) in [5.74, 6) is -2.44. The molecule has 0 bridgehead atoms. The van der Waals surface area contributed by atoms with E-state index >= 15 is 0 Å². The Kier molecular flexibility index (Phi) is 11.8. The van der Waals surface area contributed by atoms with Gasteiger partial charge in [-0.1, -0.05) is 6.07 Å². The zero-order valence-corrected chi connectivity index (χ0v) is 28.6. The number of aromatic nitrogens is 3. The number of hydrogen-bond donors (Lipinski definition) is 1. The predicted octanol–water partition coefficient (Wildman–Crippen LogP) is -3.16. The van der Waals surface area contributed by atoms with Crippen molar-refractivity contribution < 1.29 is 100 Å². The molecule has 4 rings (SSSR count). The molecule has 1 unspecified atom stereocenters. The van der Waals surface area contributed by atoms with E-state index < -0.39 is 49.0 Å². The second-order valence-electron chi connectivity index (χ2n) is 7.95. The van der Waals surface area contributed by atoms with E-state index in [0.717, 1.165) is 29.1 Å². The molecule has 0 radical (unpaired) electrons. The molecule has 11 nitrogen and oxygen atoms in total. The normalized spacial score (nSPS) is 13.4. The summed E-state index contributed by atoms with van der Waals surface area (Å²) in [5.41, 5.74) is -2.79. The Balaban J connectivity index is 0.00000294. The molecule has 0 saturated heterocycles. The van der Waals surface area contributed by atoms with Crippen LogP contribution in [-0.2, 0) is 40.6 Å². The Morgan fingerprint density at radius 1 is 1.12 bits per heavy atom. The summed E-state index contributed by atoms with van der Waals surface area (Å²) in [5, 5.41) is 2.87. The SMILES string of the molecule is COP(=O)(O)On1c(-c2ccc(C(F)(F)F)c(F)c2)csc1=NC(=O)Cc1csc2c1c(=O)n(C)c(=O)n2C.[Na+].[Na+]. The van der Waals surface area contributed by atoms with Crippen LogP contribution in [0.2, 0.25) is 0 Å². The van der Waals surface area contributed by atoms with Gasteiger partial charge in [-0.25, -0.2) is 13.8 Å². The first kappa shape index (κ1) is 35.8. The van der Waals surface area contributed by atoms with Crippen molar-refractivity contribution in [3.05, 3.63) is 71.5 Å². The first-order valence-electron chi connectivity index (χ1n) is 10.5. The predicted molar refractivity (Wildman–Crippen MR) is 133 cm³/mol. The van der Waals surface area contributed by atoms with Crippen molar-refractivity contribution >= 4 is 46.6 Å². The molecule has 0 aliphatic heterocycles. The number of phosphoric ester groups is 1. The van der Waals surface area contributed by atoms with Crippen molar-refractivity contribution in [1.82, 2.24) is 13.9 Å². The van der Waals surface area contributed by atoms with Crippen molar-refractivity contribution in [3.63, 3.8) is 0 Å². The van der Waals surface area contributed by atoms with Gasteiger partial charge in [0.1, 0.15) is 16.3 Å². The molecule has 1 N–H and O–H groups in total. The van der Waals surface area contributed by atoms with Crippen molar-refractivity contribution in [2.75, 3.05) is 7.11 Å². The Hall–Kier alpha value is -1.37. The number of aryl methyl sites for hydroxylation is 1. The maximum absolute atomic E-state index is 14.2. The number of rotatable bonds is 6. The Morgan fingerprint density at radius 2 is 1.78 bits per heavy atom. The number of hydrogen-bond acceptors (Lipinski definition) is 8. The number of thiazole rings is 1. The van der Waals surface area contributed by atoms with Gasteiger partial charge in [0.15, 0.2) is 0 Å². The zero-order valence-electron chi connectivity index (χ0n) is 22.1. The van der Waals surface area contributed by atoms with E-state index in [1.807, 2.05) is 0 Å². The first-order chi connectivity index (χ1) is 18.1. The maximum atomic E-state index is 14.2. The third-order valence-electron chi connectivity index (χ3n) is 5.46. The van der Waals surface area contributed by atoms with E-state index in [4.69, 9.17) is 4.62 Å². The standard InChI is InChI=1S/C21H17F4N4O7PS2.2Na/c1-27-17(31)16-11(8-38-18(16)28(2)20(27)32)7-15(30)26-19-29(36-37(33,34)35-3)14(9-39-19)10-4-5-12(13(22)6-10)21(23,24)25;;/h4-6,8-9H,7H2,1-3H3,(H,33,34);;/q;2*+1. The third-order valence-corrected chi connectivity index (χ3v) is 8.20. The Bertz CT molecular complexity index is 1860. The molecule has 3 aromatic heterocycles. The Morgan fingerprint density at radius 3 is 2.37 bits per heavy atom. The van der Waals surface area contributed by atoms with Crippen LogP contribution >= 0.6 is 30.5 Å². The van der Waals surface area contributed by atoms with Gasteiger partial charge in [-0.15, -0.1) is 27.4 Å². The van der Waals surface area contributed by atoms with Crippen molar-refractivity contribution in [1.29, 1.82) is 0 Å². The van der Waals surface area contributed by atoms with Gasteiger partial charge in [0.25, 0.3) is 11.5 Å². The summed E-state index contributed by atoms with van der Waals surface area (Å²) in [6.45, 7) is 0. The molecule has 0 saturated carbocycles. The summed E-state index contributed by atoms with van der Waals surface area (Å²) in [6, 6.07) is 1.94. The minimum absolute atomic E-state index is 0. The molecule has 4 aromatic rings. The molecule has 0 spiro atoms. The van der Waals surface area contributed by atoms with Gasteiger partial charge >= 0.3 is 78.8 Å². The molecule has 1 amide bonds. The van der Waals surface area contributed by atoms with Crippen LogP contribution in [0.15, 0.2) is 43.5 Å². The van der Waals surface area contributed by atoms with Crippen LogP contribution in [0.25, 0.3) is 21.5 Å². The number of amides is 1. The van der Waals surface area contributed by atoms with Gasteiger partial charge in [-0.2, -0.15) is 18.2 Å². The molecule has 1 aromatic carbocycles. The molecule has 0 aliphatic rings. The summed E-state index contributed by atoms with van der Waals surface area (Å²) < 4.78 is 77.3. The Labute approximate surface area is 279 Å². The smallest absolute Gasteiger partial charge is 0.308 e. The number of halogens is 4. The molecule has 208 valence electrons. The van der Waals surface area contributed by atoms with Gasteiger partial charge in [0.2, 0.25) is 4.80 Å². The van der Waals surface area contributed by atoms with Crippen LogP contribution in [0.1, 0.15) is 11.1 Å². The van der Waals surface area contributed by atoms with Gasteiger partial charge in [-0.05, 0) is 23.1 Å². The van der Waals surface area contributed by atoms with Crippen molar-refractivity contribution in [2.24, 2.45) is 19.1 Å². The summed E-state index contributed by atoms with van der Waals surface area (Å²) in [4.78, 5) is 51.4. The van der Waals surface area contributed by atoms with E-state index in [9.17, 15) is 41.4 Å². The van der Waals surface area contributed by atoms with Gasteiger partial charge < -0.3 is 4.62 Å². The molecule has 20 heteroatoms. The fourth-order valence-corrected chi connectivity index (χ4v) is 5.90. The number of phosphoric acid groups is 1. The average molecular weight is 654 g/mol. The van der Waals surface area contributed by atoms with E-state index in [1.54, 1.807) is 0 Å². The summed E-state index contributed by atoms with van der Waals surface area (Å²) in [6.07, 6.45) is -5.36. The number of thiophene rings is 1. The summed E-state index contributed by atoms with van der Waals surface area (Å²) in [7, 11) is -1.18. The van der Waals surface area contributed by atoms with Gasteiger partial charge in [0.05, 0.1) is 17.4 Å². The number of carbonyl (C=O) groups is 1. The van der Waals surface area contributed by atoms with Crippen LogP contribution in [0.5, 0.6) is 0 Å². The van der Waals surface area contributed by atoms with Crippen LogP contribution in [0, 0.1) is 5.82 Å². The van der Waals surface area contributed by atoms with Gasteiger partial charge in [-0.3, -0.25) is 28.1 Å². The number of alkyl halides is 3. The molecule has 41 heavy (non-hydrogen) atoms. The third kappa shape index (κ3) is 7.41. The second kappa shape index (κ2) is 13.5. The van der Waals surface area contributed by atoms with Crippen LogP contribution in [0.4, 0.5) is 17.6 Å². The van der Waals surface area contributed by atoms with E-state index in [0.29, 0.717) is 33.0 Å². The minimum Gasteiger partial charge on any atom is -0.308 e. The first-order valence-corrected chi connectivity index (χ1v) is 13.8. The monoisotopic (exact) mass is 654 g/mol. The quantitative estimate of drug-likeness (QED) is 0.132. The molecule has 3 heterocycles.